The van der Waals surface area contributed by atoms with Crippen LogP contribution in [0.3, 0.4) is 0 Å². The summed E-state index contributed by atoms with van der Waals surface area (Å²) in [6.07, 6.45) is 0.151. The molecule has 1 heterocycles. The van der Waals surface area contributed by atoms with Crippen LogP contribution in [0.15, 0.2) is 0 Å². The first kappa shape index (κ1) is 16.4. The minimum atomic E-state index is -1.14. The lowest BCUT2D eigenvalue weighted by atomic mass is 10.1. The summed E-state index contributed by atoms with van der Waals surface area (Å²) >= 11 is 0. The second kappa shape index (κ2) is 8.47. The van der Waals surface area contributed by atoms with Gasteiger partial charge in [0.1, 0.15) is 31.0 Å². The molecular weight excluding hydrogens is 252 g/mol. The summed E-state index contributed by atoms with van der Waals surface area (Å²) in [7, 11) is 0. The van der Waals surface area contributed by atoms with Crippen LogP contribution < -0.4 is 0 Å². The summed E-state index contributed by atoms with van der Waals surface area (Å²) < 4.78 is 9.96. The number of unbranched alkanes of at least 4 members (excludes halogenated alkanes) is 3. The lowest BCUT2D eigenvalue weighted by molar-refractivity contribution is -0.151. The molecule has 1 saturated heterocycles. The predicted octanol–water partition coefficient (Wildman–Crippen LogP) is -0.0185. The molecule has 0 spiro atoms. The third kappa shape index (κ3) is 5.44. The molecule has 0 saturated carbocycles. The monoisotopic (exact) mass is 276 g/mol. The summed E-state index contributed by atoms with van der Waals surface area (Å²) in [4.78, 5) is 11.4. The largest absolute Gasteiger partial charge is 0.463 e. The molecule has 1 rings (SSSR count). The average molecular weight is 276 g/mol. The van der Waals surface area contributed by atoms with Crippen LogP contribution in [0.25, 0.3) is 0 Å². The summed E-state index contributed by atoms with van der Waals surface area (Å²) in [6, 6.07) is 0. The Morgan fingerprint density at radius 2 is 2.11 bits per heavy atom. The highest BCUT2D eigenvalue weighted by Gasteiger charge is 2.39. The number of hydrogen-bond acceptors (Lipinski definition) is 6. The van der Waals surface area contributed by atoms with E-state index in [1.165, 1.54) is 0 Å². The zero-order valence-electron chi connectivity index (χ0n) is 11.3. The molecule has 0 aromatic heterocycles. The number of ether oxygens (including phenoxy) is 2. The minimum Gasteiger partial charge on any atom is -0.463 e. The molecule has 0 aliphatic carbocycles. The van der Waals surface area contributed by atoms with E-state index < -0.39 is 24.4 Å². The molecule has 0 bridgehead atoms. The molecule has 0 radical (unpaired) electrons. The summed E-state index contributed by atoms with van der Waals surface area (Å²) in [6.45, 7) is 1.85. The van der Waals surface area contributed by atoms with E-state index in [9.17, 15) is 20.1 Å². The first-order chi connectivity index (χ1) is 9.06. The standard InChI is InChI=1S/C13H24O6/c1-2-3-4-5-6-11(16)18-8-10(15)13-12(17)9(14)7-19-13/h9-10,12-15,17H,2-8H2,1H3/t9-,10?,12+,13-/m1/s1. The quantitative estimate of drug-likeness (QED) is 0.426. The average Bonchev–Trinajstić information content (AvgIpc) is 2.72. The normalized spacial score (nSPS) is 28.3. The Labute approximate surface area is 113 Å². The van der Waals surface area contributed by atoms with Crippen molar-refractivity contribution in [1.29, 1.82) is 0 Å². The van der Waals surface area contributed by atoms with Gasteiger partial charge in [-0.25, -0.2) is 0 Å². The summed E-state index contributed by atoms with van der Waals surface area (Å²) in [5, 5.41) is 28.5. The molecule has 3 N–H and O–H groups in total. The van der Waals surface area contributed by atoms with E-state index in [0.29, 0.717) is 6.42 Å². The number of esters is 1. The van der Waals surface area contributed by atoms with Crippen molar-refractivity contribution < 1.29 is 29.6 Å². The Morgan fingerprint density at radius 3 is 2.68 bits per heavy atom. The van der Waals surface area contributed by atoms with Crippen LogP contribution in [0, 0.1) is 0 Å². The Morgan fingerprint density at radius 1 is 1.37 bits per heavy atom. The van der Waals surface area contributed by atoms with E-state index in [-0.39, 0.29) is 19.2 Å². The van der Waals surface area contributed by atoms with Crippen LogP contribution in [0.1, 0.15) is 39.0 Å². The van der Waals surface area contributed by atoms with Crippen LogP contribution >= 0.6 is 0 Å². The first-order valence-corrected chi connectivity index (χ1v) is 6.87. The van der Waals surface area contributed by atoms with Crippen LogP contribution in [-0.4, -0.2) is 58.9 Å². The highest BCUT2D eigenvalue weighted by molar-refractivity contribution is 5.69. The van der Waals surface area contributed by atoms with Crippen molar-refractivity contribution >= 4 is 5.97 Å². The second-order valence-electron chi connectivity index (χ2n) is 4.92. The molecule has 1 aliphatic heterocycles. The van der Waals surface area contributed by atoms with Crippen LogP contribution in [0.5, 0.6) is 0 Å². The number of carbonyl (C=O) groups is 1. The van der Waals surface area contributed by atoms with Crippen LogP contribution in [0.2, 0.25) is 0 Å². The Bertz CT molecular complexity index is 270. The van der Waals surface area contributed by atoms with Crippen LogP contribution in [0.4, 0.5) is 0 Å². The SMILES string of the molecule is CCCCCCC(=O)OCC(O)[C@H]1OC[C@@H](O)[C@@H]1O. The molecule has 19 heavy (non-hydrogen) atoms. The van der Waals surface area contributed by atoms with Crippen molar-refractivity contribution in [2.24, 2.45) is 0 Å². The van der Waals surface area contributed by atoms with Gasteiger partial charge in [-0.15, -0.1) is 0 Å². The van der Waals surface area contributed by atoms with Crippen molar-refractivity contribution in [1.82, 2.24) is 0 Å². The lowest BCUT2D eigenvalue weighted by Gasteiger charge is -2.20. The summed E-state index contributed by atoms with van der Waals surface area (Å²) in [5.74, 6) is -0.358. The van der Waals surface area contributed by atoms with E-state index in [0.717, 1.165) is 25.7 Å². The topological polar surface area (TPSA) is 96.2 Å². The molecule has 0 aromatic rings. The number of aliphatic hydroxyl groups is 3. The van der Waals surface area contributed by atoms with Gasteiger partial charge in [0.25, 0.3) is 0 Å². The number of hydrogen-bond donors (Lipinski definition) is 3. The third-order valence-corrected chi connectivity index (χ3v) is 3.22. The molecule has 6 nitrogen and oxygen atoms in total. The van der Waals surface area contributed by atoms with Gasteiger partial charge < -0.3 is 24.8 Å². The highest BCUT2D eigenvalue weighted by Crippen LogP contribution is 2.18. The van der Waals surface area contributed by atoms with E-state index in [1.54, 1.807) is 0 Å². The van der Waals surface area contributed by atoms with Gasteiger partial charge in [0.2, 0.25) is 0 Å². The van der Waals surface area contributed by atoms with Gasteiger partial charge in [-0.1, -0.05) is 26.2 Å². The van der Waals surface area contributed by atoms with Crippen LogP contribution in [-0.2, 0) is 14.3 Å². The second-order valence-corrected chi connectivity index (χ2v) is 4.92. The molecular formula is C13H24O6. The van der Waals surface area contributed by atoms with Crippen molar-refractivity contribution in [2.45, 2.75) is 63.4 Å². The van der Waals surface area contributed by atoms with Crippen molar-refractivity contribution in [3.63, 3.8) is 0 Å². The van der Waals surface area contributed by atoms with Gasteiger partial charge >= 0.3 is 5.97 Å². The van der Waals surface area contributed by atoms with Gasteiger partial charge in [-0.2, -0.15) is 0 Å². The lowest BCUT2D eigenvalue weighted by Crippen LogP contribution is -2.41. The van der Waals surface area contributed by atoms with Gasteiger partial charge in [0, 0.05) is 6.42 Å². The summed E-state index contributed by atoms with van der Waals surface area (Å²) in [5.41, 5.74) is 0. The smallest absolute Gasteiger partial charge is 0.305 e. The van der Waals surface area contributed by atoms with Gasteiger partial charge in [0.05, 0.1) is 6.61 Å². The van der Waals surface area contributed by atoms with Gasteiger partial charge in [-0.05, 0) is 6.42 Å². The molecule has 112 valence electrons. The maximum absolute atomic E-state index is 11.4. The van der Waals surface area contributed by atoms with E-state index in [4.69, 9.17) is 9.47 Å². The fraction of sp³-hybridized carbons (Fsp3) is 0.923. The van der Waals surface area contributed by atoms with Crippen molar-refractivity contribution in [2.75, 3.05) is 13.2 Å². The van der Waals surface area contributed by atoms with Gasteiger partial charge in [0.15, 0.2) is 0 Å². The molecule has 0 aromatic carbocycles. The molecule has 1 aliphatic rings. The molecule has 4 atom stereocenters. The Balaban J connectivity index is 2.15. The molecule has 6 heteroatoms. The fourth-order valence-electron chi connectivity index (χ4n) is 2.01. The fourth-order valence-corrected chi connectivity index (χ4v) is 2.01. The maximum Gasteiger partial charge on any atom is 0.305 e. The molecule has 1 fully saturated rings. The zero-order chi connectivity index (χ0) is 14.3. The molecule has 1 unspecified atom stereocenters. The number of aliphatic hydroxyl groups excluding tert-OH is 3. The van der Waals surface area contributed by atoms with Crippen molar-refractivity contribution in [3.05, 3.63) is 0 Å². The third-order valence-electron chi connectivity index (χ3n) is 3.22. The first-order valence-electron chi connectivity index (χ1n) is 6.87. The zero-order valence-corrected chi connectivity index (χ0v) is 11.3. The number of rotatable bonds is 8. The maximum atomic E-state index is 11.4. The predicted molar refractivity (Wildman–Crippen MR) is 67.5 cm³/mol. The van der Waals surface area contributed by atoms with E-state index >= 15 is 0 Å². The van der Waals surface area contributed by atoms with Gasteiger partial charge in [-0.3, -0.25) is 4.79 Å². The minimum absolute atomic E-state index is 0.0200. The van der Waals surface area contributed by atoms with Crippen molar-refractivity contribution in [3.8, 4) is 0 Å². The Kier molecular flexibility index (Phi) is 7.30. The molecule has 0 amide bonds. The van der Waals surface area contributed by atoms with E-state index in [2.05, 4.69) is 6.92 Å². The van der Waals surface area contributed by atoms with E-state index in [1.807, 2.05) is 0 Å². The highest BCUT2D eigenvalue weighted by atomic mass is 16.6. The number of carbonyl (C=O) groups excluding carboxylic acids is 1. The Hall–Kier alpha value is -0.690.